The van der Waals surface area contributed by atoms with E-state index in [4.69, 9.17) is 9.15 Å². The summed E-state index contributed by atoms with van der Waals surface area (Å²) in [5.74, 6) is 0.285. The SMILES string of the molecule is CCc1ccc(N(C(C)=O)c2nc(COc3nnc(-c4ccccc4)o3)cs2)cc1. The van der Waals surface area contributed by atoms with E-state index in [0.29, 0.717) is 16.7 Å². The molecule has 1 amide bonds. The summed E-state index contributed by atoms with van der Waals surface area (Å²) in [6.45, 7) is 3.78. The summed E-state index contributed by atoms with van der Waals surface area (Å²) in [6.07, 6.45) is 1.02. The Balaban J connectivity index is 1.45. The number of thiazole rings is 1. The standard InChI is InChI=1S/C22H20N4O3S/c1-3-16-9-11-19(12-10-16)26(15(2)27)21-23-18(14-30-21)13-28-22-25-24-20(29-22)17-7-5-4-6-8-17/h4-12,14H,3,13H2,1-2H3. The number of amides is 1. The van der Waals surface area contributed by atoms with Crippen LogP contribution in [0.25, 0.3) is 11.5 Å². The van der Waals surface area contributed by atoms with Crippen LogP contribution in [0.15, 0.2) is 64.4 Å². The molecule has 0 radical (unpaired) electrons. The van der Waals surface area contributed by atoms with Gasteiger partial charge in [-0.15, -0.1) is 16.4 Å². The summed E-state index contributed by atoms with van der Waals surface area (Å²) in [7, 11) is 0. The Labute approximate surface area is 178 Å². The quantitative estimate of drug-likeness (QED) is 0.418. The molecule has 0 bridgehead atoms. The minimum absolute atomic E-state index is 0.0713. The normalized spacial score (nSPS) is 10.7. The van der Waals surface area contributed by atoms with Gasteiger partial charge >= 0.3 is 6.08 Å². The van der Waals surface area contributed by atoms with Crippen molar-refractivity contribution in [2.75, 3.05) is 4.90 Å². The van der Waals surface area contributed by atoms with Crippen LogP contribution < -0.4 is 9.64 Å². The van der Waals surface area contributed by atoms with E-state index in [9.17, 15) is 4.79 Å². The van der Waals surface area contributed by atoms with Crippen LogP contribution in [0.5, 0.6) is 6.08 Å². The lowest BCUT2D eigenvalue weighted by Gasteiger charge is -2.18. The summed E-state index contributed by atoms with van der Waals surface area (Å²) >= 11 is 1.38. The number of rotatable bonds is 7. The van der Waals surface area contributed by atoms with Crippen molar-refractivity contribution in [2.24, 2.45) is 0 Å². The molecule has 0 spiro atoms. The maximum absolute atomic E-state index is 12.3. The highest BCUT2D eigenvalue weighted by atomic mass is 32.1. The van der Waals surface area contributed by atoms with Crippen molar-refractivity contribution in [3.8, 4) is 17.5 Å². The summed E-state index contributed by atoms with van der Waals surface area (Å²) < 4.78 is 11.1. The van der Waals surface area contributed by atoms with E-state index in [1.165, 1.54) is 23.8 Å². The number of aromatic nitrogens is 3. The predicted molar refractivity (Wildman–Crippen MR) is 115 cm³/mol. The Bertz CT molecular complexity index is 1120. The molecule has 30 heavy (non-hydrogen) atoms. The van der Waals surface area contributed by atoms with Crippen LogP contribution in [0.2, 0.25) is 0 Å². The van der Waals surface area contributed by atoms with Gasteiger partial charge in [0.1, 0.15) is 6.61 Å². The molecule has 0 aliphatic rings. The summed E-state index contributed by atoms with van der Waals surface area (Å²) in [6, 6.07) is 17.4. The second-order valence-corrected chi connectivity index (χ2v) is 7.36. The van der Waals surface area contributed by atoms with Gasteiger partial charge in [0, 0.05) is 17.9 Å². The lowest BCUT2D eigenvalue weighted by Crippen LogP contribution is -2.22. The lowest BCUT2D eigenvalue weighted by atomic mass is 10.1. The number of anilines is 2. The highest BCUT2D eigenvalue weighted by molar-refractivity contribution is 7.14. The predicted octanol–water partition coefficient (Wildman–Crippen LogP) is 5.02. The molecule has 0 unspecified atom stereocenters. The average Bonchev–Trinajstić information content (AvgIpc) is 3.43. The van der Waals surface area contributed by atoms with Gasteiger partial charge in [-0.05, 0) is 36.2 Å². The number of benzene rings is 2. The van der Waals surface area contributed by atoms with Gasteiger partial charge in [0.2, 0.25) is 5.91 Å². The number of nitrogens with zero attached hydrogens (tertiary/aromatic N) is 4. The van der Waals surface area contributed by atoms with Crippen molar-refractivity contribution in [1.29, 1.82) is 0 Å². The zero-order valence-corrected chi connectivity index (χ0v) is 17.4. The van der Waals surface area contributed by atoms with Gasteiger partial charge < -0.3 is 9.15 Å². The Hall–Kier alpha value is -3.52. The zero-order chi connectivity index (χ0) is 20.9. The molecule has 0 N–H and O–H groups in total. The fourth-order valence-electron chi connectivity index (χ4n) is 2.87. The van der Waals surface area contributed by atoms with Gasteiger partial charge in [0.15, 0.2) is 5.13 Å². The number of carbonyl (C=O) groups excluding carboxylic acids is 1. The van der Waals surface area contributed by atoms with Crippen molar-refractivity contribution in [3.05, 3.63) is 71.2 Å². The first-order valence-electron chi connectivity index (χ1n) is 9.50. The Morgan fingerprint density at radius 2 is 1.87 bits per heavy atom. The molecule has 2 aromatic heterocycles. The molecule has 0 aliphatic carbocycles. The minimum atomic E-state index is -0.106. The highest BCUT2D eigenvalue weighted by Crippen LogP contribution is 2.30. The monoisotopic (exact) mass is 420 g/mol. The molecular weight excluding hydrogens is 400 g/mol. The van der Waals surface area contributed by atoms with Crippen molar-refractivity contribution in [2.45, 2.75) is 26.9 Å². The van der Waals surface area contributed by atoms with Crippen LogP contribution in [-0.4, -0.2) is 21.1 Å². The molecule has 4 aromatic rings. The summed E-state index contributed by atoms with van der Waals surface area (Å²) in [4.78, 5) is 18.4. The number of ether oxygens (including phenoxy) is 1. The Kier molecular flexibility index (Phi) is 5.85. The minimum Gasteiger partial charge on any atom is -0.442 e. The van der Waals surface area contributed by atoms with Gasteiger partial charge in [0.25, 0.3) is 5.89 Å². The molecule has 0 atom stereocenters. The van der Waals surface area contributed by atoms with E-state index in [1.807, 2.05) is 60.0 Å². The first kappa shape index (κ1) is 19.8. The molecule has 152 valence electrons. The molecule has 2 aromatic carbocycles. The number of aryl methyl sites for hydroxylation is 1. The largest absolute Gasteiger partial charge is 0.442 e. The molecule has 0 saturated carbocycles. The first-order chi connectivity index (χ1) is 14.6. The van der Waals surface area contributed by atoms with E-state index in [1.54, 1.807) is 4.90 Å². The maximum Gasteiger partial charge on any atom is 0.415 e. The third-order valence-corrected chi connectivity index (χ3v) is 5.29. The van der Waals surface area contributed by atoms with Gasteiger partial charge in [-0.2, -0.15) is 0 Å². The highest BCUT2D eigenvalue weighted by Gasteiger charge is 2.18. The third kappa shape index (κ3) is 4.38. The molecular formula is C22H20N4O3S. The van der Waals surface area contributed by atoms with E-state index in [0.717, 1.165) is 17.7 Å². The molecule has 8 heteroatoms. The Morgan fingerprint density at radius 1 is 1.10 bits per heavy atom. The average molecular weight is 420 g/mol. The zero-order valence-electron chi connectivity index (χ0n) is 16.6. The van der Waals surface area contributed by atoms with Gasteiger partial charge in [-0.3, -0.25) is 9.69 Å². The number of hydrogen-bond acceptors (Lipinski definition) is 7. The van der Waals surface area contributed by atoms with Crippen LogP contribution in [0.4, 0.5) is 10.8 Å². The number of carbonyl (C=O) groups is 1. The molecule has 0 aliphatic heterocycles. The molecule has 0 fully saturated rings. The second kappa shape index (κ2) is 8.87. The van der Waals surface area contributed by atoms with Crippen molar-refractivity contribution < 1.29 is 13.9 Å². The molecule has 0 saturated heterocycles. The van der Waals surface area contributed by atoms with Crippen LogP contribution in [-0.2, 0) is 17.8 Å². The van der Waals surface area contributed by atoms with Gasteiger partial charge in [-0.25, -0.2) is 4.98 Å². The molecule has 7 nitrogen and oxygen atoms in total. The fourth-order valence-corrected chi connectivity index (χ4v) is 3.75. The van der Waals surface area contributed by atoms with Crippen LogP contribution in [0.1, 0.15) is 25.1 Å². The second-order valence-electron chi connectivity index (χ2n) is 6.52. The Morgan fingerprint density at radius 3 is 2.57 bits per heavy atom. The summed E-state index contributed by atoms with van der Waals surface area (Å²) in [5, 5.41) is 10.3. The topological polar surface area (TPSA) is 81.4 Å². The molecule has 4 rings (SSSR count). The van der Waals surface area contributed by atoms with E-state index in [-0.39, 0.29) is 18.6 Å². The van der Waals surface area contributed by atoms with Gasteiger partial charge in [-0.1, -0.05) is 42.4 Å². The van der Waals surface area contributed by atoms with Crippen LogP contribution in [0, 0.1) is 0 Å². The van der Waals surface area contributed by atoms with Crippen LogP contribution >= 0.6 is 11.3 Å². The first-order valence-corrected chi connectivity index (χ1v) is 10.4. The van der Waals surface area contributed by atoms with Gasteiger partial charge in [0.05, 0.1) is 11.4 Å². The van der Waals surface area contributed by atoms with Crippen molar-refractivity contribution >= 4 is 28.1 Å². The fraction of sp³-hybridized carbons (Fsp3) is 0.182. The van der Waals surface area contributed by atoms with Crippen molar-refractivity contribution in [1.82, 2.24) is 15.2 Å². The van der Waals surface area contributed by atoms with E-state index >= 15 is 0 Å². The smallest absolute Gasteiger partial charge is 0.415 e. The van der Waals surface area contributed by atoms with E-state index in [2.05, 4.69) is 22.1 Å². The maximum atomic E-state index is 12.3. The molecule has 2 heterocycles. The number of hydrogen-bond donors (Lipinski definition) is 0. The van der Waals surface area contributed by atoms with Crippen molar-refractivity contribution in [3.63, 3.8) is 0 Å². The third-order valence-electron chi connectivity index (χ3n) is 4.42. The lowest BCUT2D eigenvalue weighted by molar-refractivity contribution is -0.115. The summed E-state index contributed by atoms with van der Waals surface area (Å²) in [5.41, 5.74) is 3.49. The van der Waals surface area contributed by atoms with Crippen LogP contribution in [0.3, 0.4) is 0 Å². The van der Waals surface area contributed by atoms with E-state index < -0.39 is 0 Å².